The summed E-state index contributed by atoms with van der Waals surface area (Å²) in [5, 5.41) is 20.9. The Kier molecular flexibility index (Phi) is 7.28. The fourth-order valence-corrected chi connectivity index (χ4v) is 4.41. The van der Waals surface area contributed by atoms with Gasteiger partial charge in [0.05, 0.1) is 23.1 Å². The van der Waals surface area contributed by atoms with Crippen LogP contribution in [0.3, 0.4) is 0 Å². The molecule has 1 aliphatic heterocycles. The van der Waals surface area contributed by atoms with Crippen LogP contribution in [0.1, 0.15) is 39.1 Å². The Morgan fingerprint density at radius 3 is 2.11 bits per heavy atom. The van der Waals surface area contributed by atoms with Crippen molar-refractivity contribution in [3.8, 4) is 11.1 Å². The van der Waals surface area contributed by atoms with Crippen molar-refractivity contribution in [1.82, 2.24) is 4.90 Å². The van der Waals surface area contributed by atoms with Crippen LogP contribution in [0.2, 0.25) is 5.02 Å². The lowest BCUT2D eigenvalue weighted by Crippen LogP contribution is -2.36. The summed E-state index contributed by atoms with van der Waals surface area (Å²) in [6, 6.07) is 18.1. The number of rotatable bonds is 9. The zero-order valence-corrected chi connectivity index (χ0v) is 19.4. The number of aryl methyl sites for hydroxylation is 1. The summed E-state index contributed by atoms with van der Waals surface area (Å²) in [7, 11) is 0. The largest absolute Gasteiger partial charge is 0.481 e. The second-order valence-electron chi connectivity index (χ2n) is 8.46. The zero-order valence-electron chi connectivity index (χ0n) is 18.7. The molecule has 0 bridgehead atoms. The van der Waals surface area contributed by atoms with Gasteiger partial charge in [-0.15, -0.1) is 0 Å². The molecule has 0 aromatic heterocycles. The highest BCUT2D eigenvalue weighted by Crippen LogP contribution is 2.27. The Morgan fingerprint density at radius 1 is 0.914 bits per heavy atom. The van der Waals surface area contributed by atoms with E-state index in [0.717, 1.165) is 16.0 Å². The first-order chi connectivity index (χ1) is 16.8. The Morgan fingerprint density at radius 2 is 1.51 bits per heavy atom. The van der Waals surface area contributed by atoms with Gasteiger partial charge < -0.3 is 10.2 Å². The van der Waals surface area contributed by atoms with Gasteiger partial charge in [0.1, 0.15) is 5.82 Å². The van der Waals surface area contributed by atoms with E-state index in [9.17, 15) is 29.0 Å². The Hall–Kier alpha value is -3.55. The lowest BCUT2D eigenvalue weighted by molar-refractivity contribution is -0.146. The molecule has 2 unspecified atom stereocenters. The number of carboxylic acids is 1. The second kappa shape index (κ2) is 10.4. The molecule has 0 radical (unpaired) electrons. The number of carbonyl (C=O) groups is 3. The first kappa shape index (κ1) is 24.6. The van der Waals surface area contributed by atoms with E-state index in [1.54, 1.807) is 48.5 Å². The number of carbonyl (C=O) groups excluding carboxylic acids is 2. The number of hydrogen-bond acceptors (Lipinski definition) is 4. The van der Waals surface area contributed by atoms with Gasteiger partial charge in [-0.3, -0.25) is 19.3 Å². The van der Waals surface area contributed by atoms with Crippen LogP contribution in [0.15, 0.2) is 66.7 Å². The highest BCUT2D eigenvalue weighted by atomic mass is 35.5. The normalized spacial score (nSPS) is 14.7. The number of nitrogens with zero attached hydrogens (tertiary/aromatic N) is 1. The lowest BCUT2D eigenvalue weighted by atomic mass is 9.92. The summed E-state index contributed by atoms with van der Waals surface area (Å²) < 4.78 is 14.4. The molecule has 0 spiro atoms. The van der Waals surface area contributed by atoms with Crippen molar-refractivity contribution < 1.29 is 29.0 Å². The molecule has 35 heavy (non-hydrogen) atoms. The number of halogens is 2. The molecule has 0 saturated carbocycles. The van der Waals surface area contributed by atoms with E-state index in [1.165, 1.54) is 6.07 Å². The van der Waals surface area contributed by atoms with E-state index >= 15 is 0 Å². The maximum absolute atomic E-state index is 14.4. The number of aliphatic carboxylic acids is 1. The van der Waals surface area contributed by atoms with Crippen LogP contribution in [0, 0.1) is 11.7 Å². The van der Waals surface area contributed by atoms with Crippen molar-refractivity contribution in [3.05, 3.63) is 94.3 Å². The molecule has 0 aliphatic carbocycles. The molecular weight excluding hydrogens is 473 g/mol. The molecule has 8 heteroatoms. The van der Waals surface area contributed by atoms with Crippen LogP contribution in [0.4, 0.5) is 4.39 Å². The molecule has 4 rings (SSSR count). The quantitative estimate of drug-likeness (QED) is 0.415. The number of imide groups is 1. The maximum atomic E-state index is 14.4. The predicted octanol–water partition coefficient (Wildman–Crippen LogP) is 4.83. The number of carboxylic acid groups (broad SMARTS) is 1. The Balaban J connectivity index is 1.41. The average molecular weight is 496 g/mol. The molecule has 2 N–H and O–H groups in total. The summed E-state index contributed by atoms with van der Waals surface area (Å²) >= 11 is 5.93. The van der Waals surface area contributed by atoms with Crippen molar-refractivity contribution in [2.24, 2.45) is 5.92 Å². The van der Waals surface area contributed by atoms with E-state index in [-0.39, 0.29) is 36.9 Å². The molecule has 2 amide bonds. The second-order valence-corrected chi connectivity index (χ2v) is 8.90. The third-order valence-corrected chi connectivity index (χ3v) is 6.51. The van der Waals surface area contributed by atoms with Crippen molar-refractivity contribution in [2.45, 2.75) is 25.4 Å². The van der Waals surface area contributed by atoms with Gasteiger partial charge in [-0.25, -0.2) is 4.39 Å². The van der Waals surface area contributed by atoms with Gasteiger partial charge >= 0.3 is 5.97 Å². The van der Waals surface area contributed by atoms with Gasteiger partial charge in [0.2, 0.25) is 0 Å². The Bertz CT molecular complexity index is 1240. The topological polar surface area (TPSA) is 94.9 Å². The van der Waals surface area contributed by atoms with E-state index in [2.05, 4.69) is 0 Å². The van der Waals surface area contributed by atoms with Crippen LogP contribution >= 0.6 is 11.6 Å². The zero-order chi connectivity index (χ0) is 25.1. The molecular formula is C27H23ClFNO5. The van der Waals surface area contributed by atoms with Gasteiger partial charge in [-0.1, -0.05) is 41.9 Å². The molecule has 0 saturated heterocycles. The number of aliphatic hydroxyl groups is 1. The number of amides is 2. The lowest BCUT2D eigenvalue weighted by Gasteiger charge is -2.22. The number of aliphatic hydroxyl groups excluding tert-OH is 1. The van der Waals surface area contributed by atoms with E-state index in [1.807, 2.05) is 12.1 Å². The minimum Gasteiger partial charge on any atom is -0.481 e. The van der Waals surface area contributed by atoms with Crippen LogP contribution < -0.4 is 0 Å². The molecule has 3 aromatic carbocycles. The molecule has 6 nitrogen and oxygen atoms in total. The number of hydrogen-bond donors (Lipinski definition) is 2. The summed E-state index contributed by atoms with van der Waals surface area (Å²) in [5.74, 6) is -3.88. The summed E-state index contributed by atoms with van der Waals surface area (Å²) in [6.07, 6.45) is -1.29. The highest BCUT2D eigenvalue weighted by molar-refractivity contribution is 6.30. The summed E-state index contributed by atoms with van der Waals surface area (Å²) in [6.45, 7) is -0.138. The summed E-state index contributed by atoms with van der Waals surface area (Å²) in [5.41, 5.74) is 2.52. The van der Waals surface area contributed by atoms with Crippen LogP contribution in [0.5, 0.6) is 0 Å². The average Bonchev–Trinajstić information content (AvgIpc) is 3.09. The number of fused-ring (bicyclic) bond motifs is 1. The Labute approximate surface area is 206 Å². The van der Waals surface area contributed by atoms with Gasteiger partial charge in [0.15, 0.2) is 0 Å². The van der Waals surface area contributed by atoms with Crippen LogP contribution in [-0.4, -0.2) is 45.5 Å². The van der Waals surface area contributed by atoms with Gasteiger partial charge in [0, 0.05) is 11.6 Å². The predicted molar refractivity (Wildman–Crippen MR) is 129 cm³/mol. The highest BCUT2D eigenvalue weighted by Gasteiger charge is 2.36. The fraction of sp³-hybridized carbons (Fsp3) is 0.222. The summed E-state index contributed by atoms with van der Waals surface area (Å²) in [4.78, 5) is 37.9. The third kappa shape index (κ3) is 5.26. The van der Waals surface area contributed by atoms with Gasteiger partial charge in [-0.05, 0) is 72.4 Å². The van der Waals surface area contributed by atoms with E-state index in [0.29, 0.717) is 10.6 Å². The van der Waals surface area contributed by atoms with E-state index < -0.39 is 35.6 Å². The molecule has 0 fully saturated rings. The fourth-order valence-electron chi connectivity index (χ4n) is 4.28. The minimum atomic E-state index is -1.29. The SMILES string of the molecule is O=C(O)C(CCN1C(=O)c2ccccc2C1=O)C(O)CCc1cc(-c2ccc(Cl)cc2)ccc1F. The number of benzene rings is 3. The molecule has 1 heterocycles. The van der Waals surface area contributed by atoms with Crippen LogP contribution in [-0.2, 0) is 11.2 Å². The van der Waals surface area contributed by atoms with Crippen molar-refractivity contribution in [3.63, 3.8) is 0 Å². The minimum absolute atomic E-state index is 0.0000756. The van der Waals surface area contributed by atoms with Gasteiger partial charge in [0.25, 0.3) is 11.8 Å². The third-order valence-electron chi connectivity index (χ3n) is 6.26. The van der Waals surface area contributed by atoms with Crippen molar-refractivity contribution in [1.29, 1.82) is 0 Å². The van der Waals surface area contributed by atoms with Gasteiger partial charge in [-0.2, -0.15) is 0 Å². The van der Waals surface area contributed by atoms with Crippen LogP contribution in [0.25, 0.3) is 11.1 Å². The molecule has 2 atom stereocenters. The first-order valence-electron chi connectivity index (χ1n) is 11.2. The molecule has 3 aromatic rings. The van der Waals surface area contributed by atoms with E-state index in [4.69, 9.17) is 11.6 Å². The standard InChI is InChI=1S/C27H23ClFNO5/c28-19-9-5-16(6-10-19)17-7-11-23(29)18(15-17)8-12-24(31)22(27(34)35)13-14-30-25(32)20-3-1-2-4-21(20)26(30)33/h1-7,9-11,15,22,24,31H,8,12-14H2,(H,34,35). The van der Waals surface area contributed by atoms with Crippen molar-refractivity contribution >= 4 is 29.4 Å². The molecule has 180 valence electrons. The van der Waals surface area contributed by atoms with Crippen molar-refractivity contribution in [2.75, 3.05) is 6.54 Å². The molecule has 1 aliphatic rings. The smallest absolute Gasteiger partial charge is 0.309 e. The first-order valence-corrected chi connectivity index (χ1v) is 11.5. The maximum Gasteiger partial charge on any atom is 0.309 e. The monoisotopic (exact) mass is 495 g/mol.